The summed E-state index contributed by atoms with van der Waals surface area (Å²) >= 11 is 3.57. The van der Waals surface area contributed by atoms with Gasteiger partial charge in [-0.3, -0.25) is 0 Å². The van der Waals surface area contributed by atoms with E-state index < -0.39 is 8.07 Å². The van der Waals surface area contributed by atoms with Crippen molar-refractivity contribution in [3.05, 3.63) is 15.9 Å². The van der Waals surface area contributed by atoms with Gasteiger partial charge in [0.2, 0.25) is 0 Å². The zero-order valence-corrected chi connectivity index (χ0v) is 14.1. The smallest absolute Gasteiger partial charge is 0.139 e. The molecule has 0 atom stereocenters. The van der Waals surface area contributed by atoms with Crippen molar-refractivity contribution in [2.24, 2.45) is 0 Å². The number of hydrogen-bond acceptors (Lipinski definition) is 2. The molecule has 0 aliphatic carbocycles. The molecule has 1 aromatic heterocycles. The van der Waals surface area contributed by atoms with Crippen LogP contribution in [0.5, 0.6) is 0 Å². The fourth-order valence-corrected chi connectivity index (χ4v) is 2.90. The minimum Gasteiger partial charge on any atom is -0.360 e. The number of nitrogens with zero attached hydrogens (tertiary/aromatic N) is 2. The van der Waals surface area contributed by atoms with E-state index in [-0.39, 0.29) is 0 Å². The van der Waals surface area contributed by atoms with Crippen molar-refractivity contribution in [3.63, 3.8) is 0 Å². The molecule has 98 valence electrons. The van der Waals surface area contributed by atoms with Crippen molar-refractivity contribution in [2.75, 3.05) is 6.61 Å². The monoisotopic (exact) mass is 318 g/mol. The molecule has 0 saturated heterocycles. The molecule has 0 bridgehead atoms. The van der Waals surface area contributed by atoms with E-state index in [1.54, 1.807) is 0 Å². The topological polar surface area (TPSA) is 27.1 Å². The SMILES string of the molecule is CCc1c(Br)c(C)nn1COCC[Si](C)(C)C. The van der Waals surface area contributed by atoms with Crippen LogP contribution >= 0.6 is 15.9 Å². The molecule has 1 aromatic rings. The molecule has 17 heavy (non-hydrogen) atoms. The first-order chi connectivity index (χ1) is 7.85. The van der Waals surface area contributed by atoms with Crippen LogP contribution in [-0.2, 0) is 17.9 Å². The summed E-state index contributed by atoms with van der Waals surface area (Å²) in [5.41, 5.74) is 2.26. The number of rotatable bonds is 6. The van der Waals surface area contributed by atoms with Crippen LogP contribution in [0.1, 0.15) is 18.3 Å². The van der Waals surface area contributed by atoms with Gasteiger partial charge in [0.15, 0.2) is 0 Å². The van der Waals surface area contributed by atoms with Gasteiger partial charge in [0.05, 0.1) is 15.9 Å². The third-order valence-electron chi connectivity index (χ3n) is 2.70. The second-order valence-electron chi connectivity index (χ2n) is 5.55. The molecule has 0 fully saturated rings. The third-order valence-corrected chi connectivity index (χ3v) is 5.43. The van der Waals surface area contributed by atoms with Crippen molar-refractivity contribution in [1.82, 2.24) is 9.78 Å². The molecule has 0 aliphatic heterocycles. The largest absolute Gasteiger partial charge is 0.360 e. The Balaban J connectivity index is 2.50. The normalized spacial score (nSPS) is 12.1. The fraction of sp³-hybridized carbons (Fsp3) is 0.750. The number of ether oxygens (including phenoxy) is 1. The molecule has 0 unspecified atom stereocenters. The van der Waals surface area contributed by atoms with Gasteiger partial charge in [-0.15, -0.1) is 0 Å². The summed E-state index contributed by atoms with van der Waals surface area (Å²) in [5, 5.41) is 4.47. The standard InChI is InChI=1S/C12H23BrN2OSi/c1-6-11-12(13)10(2)14-15(11)9-16-7-8-17(3,4)5/h6-9H2,1-5H3. The van der Waals surface area contributed by atoms with E-state index in [0.717, 1.165) is 23.2 Å². The van der Waals surface area contributed by atoms with Crippen molar-refractivity contribution in [3.8, 4) is 0 Å². The molecule has 1 heterocycles. The average Bonchev–Trinajstić information content (AvgIpc) is 2.48. The predicted molar refractivity (Wildman–Crippen MR) is 78.1 cm³/mol. The first-order valence-corrected chi connectivity index (χ1v) is 10.6. The Morgan fingerprint density at radius 3 is 2.53 bits per heavy atom. The number of aromatic nitrogens is 2. The minimum atomic E-state index is -0.987. The molecule has 1 rings (SSSR count). The highest BCUT2D eigenvalue weighted by molar-refractivity contribution is 9.10. The highest BCUT2D eigenvalue weighted by Crippen LogP contribution is 2.21. The molecular formula is C12H23BrN2OSi. The van der Waals surface area contributed by atoms with Gasteiger partial charge < -0.3 is 4.74 Å². The lowest BCUT2D eigenvalue weighted by Gasteiger charge is -2.15. The summed E-state index contributed by atoms with van der Waals surface area (Å²) in [6, 6.07) is 1.20. The van der Waals surface area contributed by atoms with Crippen molar-refractivity contribution in [1.29, 1.82) is 0 Å². The zero-order chi connectivity index (χ0) is 13.1. The maximum Gasteiger partial charge on any atom is 0.139 e. The average molecular weight is 319 g/mol. The maximum absolute atomic E-state index is 5.72. The Kier molecular flexibility index (Phi) is 5.41. The van der Waals surface area contributed by atoms with Gasteiger partial charge in [0, 0.05) is 14.7 Å². The maximum atomic E-state index is 5.72. The Morgan fingerprint density at radius 2 is 2.00 bits per heavy atom. The second-order valence-corrected chi connectivity index (χ2v) is 12.0. The third kappa shape index (κ3) is 4.56. The zero-order valence-electron chi connectivity index (χ0n) is 11.5. The molecular weight excluding hydrogens is 296 g/mol. The lowest BCUT2D eigenvalue weighted by molar-refractivity contribution is 0.0764. The summed E-state index contributed by atoms with van der Waals surface area (Å²) in [7, 11) is -0.987. The number of hydrogen-bond donors (Lipinski definition) is 0. The van der Waals surface area contributed by atoms with E-state index in [1.165, 1.54) is 11.7 Å². The summed E-state index contributed by atoms with van der Waals surface area (Å²) in [4.78, 5) is 0. The minimum absolute atomic E-state index is 0.570. The molecule has 3 nitrogen and oxygen atoms in total. The van der Waals surface area contributed by atoms with Crippen LogP contribution in [0.4, 0.5) is 0 Å². The van der Waals surface area contributed by atoms with Crippen LogP contribution in [-0.4, -0.2) is 24.5 Å². The van der Waals surface area contributed by atoms with E-state index in [0.29, 0.717) is 6.73 Å². The number of halogens is 1. The molecule has 0 radical (unpaired) electrons. The highest BCUT2D eigenvalue weighted by Gasteiger charge is 2.13. The van der Waals surface area contributed by atoms with Crippen LogP contribution in [0, 0.1) is 6.92 Å². The van der Waals surface area contributed by atoms with E-state index in [2.05, 4.69) is 47.6 Å². The van der Waals surface area contributed by atoms with E-state index in [9.17, 15) is 0 Å². The molecule has 0 spiro atoms. The van der Waals surface area contributed by atoms with Crippen LogP contribution in [0.25, 0.3) is 0 Å². The van der Waals surface area contributed by atoms with E-state index in [4.69, 9.17) is 4.74 Å². The second kappa shape index (κ2) is 6.16. The Hall–Kier alpha value is -0.133. The lowest BCUT2D eigenvalue weighted by Crippen LogP contribution is -2.22. The van der Waals surface area contributed by atoms with Gasteiger partial charge in [-0.05, 0) is 35.3 Å². The predicted octanol–water partition coefficient (Wildman–Crippen LogP) is 3.83. The fourth-order valence-electron chi connectivity index (χ4n) is 1.58. The first kappa shape index (κ1) is 14.9. The van der Waals surface area contributed by atoms with Crippen molar-refractivity contribution < 1.29 is 4.74 Å². The number of aryl methyl sites for hydroxylation is 1. The van der Waals surface area contributed by atoms with E-state index >= 15 is 0 Å². The quantitative estimate of drug-likeness (QED) is 0.588. The van der Waals surface area contributed by atoms with Crippen molar-refractivity contribution >= 4 is 24.0 Å². The molecule has 0 aliphatic rings. The van der Waals surface area contributed by atoms with Gasteiger partial charge in [0.1, 0.15) is 6.73 Å². The van der Waals surface area contributed by atoms with Crippen LogP contribution < -0.4 is 0 Å². The molecule has 0 N–H and O–H groups in total. The van der Waals surface area contributed by atoms with Gasteiger partial charge >= 0.3 is 0 Å². The van der Waals surface area contributed by atoms with Gasteiger partial charge in [-0.2, -0.15) is 5.10 Å². The van der Waals surface area contributed by atoms with Gasteiger partial charge in [0.25, 0.3) is 0 Å². The van der Waals surface area contributed by atoms with Crippen LogP contribution in [0.3, 0.4) is 0 Å². The van der Waals surface area contributed by atoms with E-state index in [1.807, 2.05) is 11.6 Å². The van der Waals surface area contributed by atoms with Crippen molar-refractivity contribution in [2.45, 2.75) is 52.7 Å². The summed E-state index contributed by atoms with van der Waals surface area (Å²) in [6.45, 7) is 12.7. The Morgan fingerprint density at radius 1 is 1.35 bits per heavy atom. The Bertz CT molecular complexity index is 371. The molecule has 0 aromatic carbocycles. The Labute approximate surface area is 114 Å². The van der Waals surface area contributed by atoms with Crippen LogP contribution in [0.2, 0.25) is 25.7 Å². The highest BCUT2D eigenvalue weighted by atomic mass is 79.9. The van der Waals surface area contributed by atoms with Gasteiger partial charge in [-0.25, -0.2) is 4.68 Å². The summed E-state index contributed by atoms with van der Waals surface area (Å²) < 4.78 is 8.80. The first-order valence-electron chi connectivity index (χ1n) is 6.14. The molecule has 5 heteroatoms. The summed E-state index contributed by atoms with van der Waals surface area (Å²) in [5.74, 6) is 0. The van der Waals surface area contributed by atoms with Crippen LogP contribution in [0.15, 0.2) is 4.47 Å². The summed E-state index contributed by atoms with van der Waals surface area (Å²) in [6.07, 6.45) is 0.971. The van der Waals surface area contributed by atoms with Gasteiger partial charge in [-0.1, -0.05) is 26.6 Å². The molecule has 0 amide bonds. The molecule has 0 saturated carbocycles. The lowest BCUT2D eigenvalue weighted by atomic mass is 10.3.